The Balaban J connectivity index is 2.20. The molecular weight excluding hydrogens is 212 g/mol. The van der Waals surface area contributed by atoms with Gasteiger partial charge in [0.05, 0.1) is 24.6 Å². The standard InChI is InChI=1S/C14H12N2O/c1-17-12-6-4-5-11(9-12)14-13-7-2-3-8-16(13)10-15-14/h2-10H,1H3. The Morgan fingerprint density at radius 2 is 2.06 bits per heavy atom. The van der Waals surface area contributed by atoms with Gasteiger partial charge in [-0.25, -0.2) is 4.98 Å². The van der Waals surface area contributed by atoms with Crippen molar-refractivity contribution in [2.75, 3.05) is 7.11 Å². The minimum absolute atomic E-state index is 0.847. The number of imidazole rings is 1. The van der Waals surface area contributed by atoms with E-state index in [1.165, 1.54) is 0 Å². The topological polar surface area (TPSA) is 26.5 Å². The first-order valence-corrected chi connectivity index (χ1v) is 5.44. The number of nitrogens with zero attached hydrogens (tertiary/aromatic N) is 2. The second-order valence-electron chi connectivity index (χ2n) is 3.82. The third kappa shape index (κ3) is 1.65. The summed E-state index contributed by atoms with van der Waals surface area (Å²) in [6.45, 7) is 0. The molecule has 0 saturated carbocycles. The first-order chi connectivity index (χ1) is 8.38. The summed E-state index contributed by atoms with van der Waals surface area (Å²) in [5, 5.41) is 0. The van der Waals surface area contributed by atoms with Gasteiger partial charge in [0.2, 0.25) is 0 Å². The fraction of sp³-hybridized carbons (Fsp3) is 0.0714. The third-order valence-corrected chi connectivity index (χ3v) is 2.79. The van der Waals surface area contributed by atoms with E-state index in [0.29, 0.717) is 0 Å². The Labute approximate surface area is 99.3 Å². The van der Waals surface area contributed by atoms with Gasteiger partial charge in [0.25, 0.3) is 0 Å². The van der Waals surface area contributed by atoms with Gasteiger partial charge in [-0.2, -0.15) is 0 Å². The summed E-state index contributed by atoms with van der Waals surface area (Å²) in [7, 11) is 1.67. The summed E-state index contributed by atoms with van der Waals surface area (Å²) >= 11 is 0. The number of pyridine rings is 1. The average molecular weight is 224 g/mol. The number of benzene rings is 1. The fourth-order valence-corrected chi connectivity index (χ4v) is 1.94. The number of aromatic nitrogens is 2. The van der Waals surface area contributed by atoms with Gasteiger partial charge in [0, 0.05) is 11.8 Å². The highest BCUT2D eigenvalue weighted by atomic mass is 16.5. The maximum Gasteiger partial charge on any atom is 0.119 e. The summed E-state index contributed by atoms with van der Waals surface area (Å²) in [6.07, 6.45) is 3.82. The van der Waals surface area contributed by atoms with E-state index < -0.39 is 0 Å². The summed E-state index contributed by atoms with van der Waals surface area (Å²) in [5.41, 5.74) is 3.14. The molecule has 3 rings (SSSR count). The minimum Gasteiger partial charge on any atom is -0.497 e. The predicted octanol–water partition coefficient (Wildman–Crippen LogP) is 3.01. The lowest BCUT2D eigenvalue weighted by Gasteiger charge is -2.02. The van der Waals surface area contributed by atoms with Crippen LogP contribution in [0, 0.1) is 0 Å². The molecule has 0 atom stereocenters. The van der Waals surface area contributed by atoms with Crippen LogP contribution in [-0.4, -0.2) is 16.5 Å². The molecule has 0 amide bonds. The van der Waals surface area contributed by atoms with Crippen molar-refractivity contribution < 1.29 is 4.74 Å². The molecule has 17 heavy (non-hydrogen) atoms. The molecule has 0 aliphatic carbocycles. The molecule has 2 aromatic heterocycles. The maximum absolute atomic E-state index is 5.23. The molecule has 3 heteroatoms. The van der Waals surface area contributed by atoms with Crippen molar-refractivity contribution in [3.8, 4) is 17.0 Å². The lowest BCUT2D eigenvalue weighted by Crippen LogP contribution is -1.85. The van der Waals surface area contributed by atoms with Crippen LogP contribution in [0.4, 0.5) is 0 Å². The first kappa shape index (κ1) is 9.90. The molecule has 0 unspecified atom stereocenters. The zero-order chi connectivity index (χ0) is 11.7. The molecule has 2 heterocycles. The minimum atomic E-state index is 0.847. The molecule has 0 saturated heterocycles. The van der Waals surface area contributed by atoms with Crippen molar-refractivity contribution in [2.24, 2.45) is 0 Å². The van der Waals surface area contributed by atoms with Crippen LogP contribution in [0.25, 0.3) is 16.8 Å². The predicted molar refractivity (Wildman–Crippen MR) is 67.2 cm³/mol. The van der Waals surface area contributed by atoms with Crippen LogP contribution in [-0.2, 0) is 0 Å². The van der Waals surface area contributed by atoms with E-state index in [1.807, 2.05) is 53.3 Å². The smallest absolute Gasteiger partial charge is 0.119 e. The average Bonchev–Trinajstić information content (AvgIpc) is 2.82. The molecular formula is C14H12N2O. The van der Waals surface area contributed by atoms with Gasteiger partial charge in [-0.1, -0.05) is 18.2 Å². The van der Waals surface area contributed by atoms with Gasteiger partial charge in [0.1, 0.15) is 5.75 Å². The van der Waals surface area contributed by atoms with Crippen molar-refractivity contribution in [2.45, 2.75) is 0 Å². The maximum atomic E-state index is 5.23. The Bertz CT molecular complexity index is 658. The van der Waals surface area contributed by atoms with Crippen LogP contribution in [0.1, 0.15) is 0 Å². The van der Waals surface area contributed by atoms with Gasteiger partial charge >= 0.3 is 0 Å². The molecule has 84 valence electrons. The van der Waals surface area contributed by atoms with E-state index in [0.717, 1.165) is 22.5 Å². The second-order valence-corrected chi connectivity index (χ2v) is 3.82. The molecule has 0 aliphatic heterocycles. The summed E-state index contributed by atoms with van der Waals surface area (Å²) < 4.78 is 7.24. The van der Waals surface area contributed by atoms with Crippen LogP contribution < -0.4 is 4.74 Å². The molecule has 0 fully saturated rings. The highest BCUT2D eigenvalue weighted by Crippen LogP contribution is 2.25. The van der Waals surface area contributed by atoms with Crippen LogP contribution in [0.15, 0.2) is 55.0 Å². The molecule has 3 aromatic rings. The highest BCUT2D eigenvalue weighted by Gasteiger charge is 2.06. The van der Waals surface area contributed by atoms with Crippen molar-refractivity contribution in [3.63, 3.8) is 0 Å². The second kappa shape index (κ2) is 3.94. The zero-order valence-corrected chi connectivity index (χ0v) is 9.50. The van der Waals surface area contributed by atoms with Gasteiger partial charge in [-0.3, -0.25) is 0 Å². The van der Waals surface area contributed by atoms with Crippen LogP contribution >= 0.6 is 0 Å². The van der Waals surface area contributed by atoms with E-state index in [4.69, 9.17) is 4.74 Å². The van der Waals surface area contributed by atoms with Crippen molar-refractivity contribution in [3.05, 3.63) is 55.0 Å². The van der Waals surface area contributed by atoms with E-state index in [1.54, 1.807) is 7.11 Å². The van der Waals surface area contributed by atoms with E-state index >= 15 is 0 Å². The van der Waals surface area contributed by atoms with Gasteiger partial charge in [-0.05, 0) is 24.3 Å². The van der Waals surface area contributed by atoms with E-state index in [-0.39, 0.29) is 0 Å². The summed E-state index contributed by atoms with van der Waals surface area (Å²) in [4.78, 5) is 4.45. The molecule has 0 aliphatic rings. The normalized spacial score (nSPS) is 10.6. The SMILES string of the molecule is COc1cccc(-c2ncn3ccccc23)c1. The van der Waals surface area contributed by atoms with Crippen molar-refractivity contribution in [1.82, 2.24) is 9.38 Å². The van der Waals surface area contributed by atoms with Crippen LogP contribution in [0.2, 0.25) is 0 Å². The summed E-state index contributed by atoms with van der Waals surface area (Å²) in [5.74, 6) is 0.847. The third-order valence-electron chi connectivity index (χ3n) is 2.79. The number of rotatable bonds is 2. The number of fused-ring (bicyclic) bond motifs is 1. The van der Waals surface area contributed by atoms with Crippen LogP contribution in [0.5, 0.6) is 5.75 Å². The van der Waals surface area contributed by atoms with E-state index in [9.17, 15) is 0 Å². The quantitative estimate of drug-likeness (QED) is 0.669. The van der Waals surface area contributed by atoms with Crippen molar-refractivity contribution in [1.29, 1.82) is 0 Å². The Morgan fingerprint density at radius 3 is 2.94 bits per heavy atom. The zero-order valence-electron chi connectivity index (χ0n) is 9.50. The Morgan fingerprint density at radius 1 is 1.12 bits per heavy atom. The number of hydrogen-bond donors (Lipinski definition) is 0. The highest BCUT2D eigenvalue weighted by molar-refractivity contribution is 5.77. The summed E-state index contributed by atoms with van der Waals surface area (Å²) in [6, 6.07) is 14.0. The molecule has 0 spiro atoms. The first-order valence-electron chi connectivity index (χ1n) is 5.44. The lowest BCUT2D eigenvalue weighted by atomic mass is 10.1. The molecule has 3 nitrogen and oxygen atoms in total. The number of hydrogen-bond acceptors (Lipinski definition) is 2. The molecule has 1 aromatic carbocycles. The largest absolute Gasteiger partial charge is 0.497 e. The fourth-order valence-electron chi connectivity index (χ4n) is 1.94. The van der Waals surface area contributed by atoms with Gasteiger partial charge in [0.15, 0.2) is 0 Å². The van der Waals surface area contributed by atoms with Gasteiger partial charge < -0.3 is 9.14 Å². The Hall–Kier alpha value is -2.29. The number of methoxy groups -OCH3 is 1. The van der Waals surface area contributed by atoms with Crippen molar-refractivity contribution >= 4 is 5.52 Å². The molecule has 0 radical (unpaired) electrons. The van der Waals surface area contributed by atoms with E-state index in [2.05, 4.69) is 11.1 Å². The lowest BCUT2D eigenvalue weighted by molar-refractivity contribution is 0.415. The number of ether oxygens (including phenoxy) is 1. The Kier molecular flexibility index (Phi) is 2.29. The monoisotopic (exact) mass is 224 g/mol. The molecule has 0 bridgehead atoms. The van der Waals surface area contributed by atoms with Gasteiger partial charge in [-0.15, -0.1) is 0 Å². The van der Waals surface area contributed by atoms with Crippen LogP contribution in [0.3, 0.4) is 0 Å². The molecule has 0 N–H and O–H groups in total.